The minimum Gasteiger partial charge on any atom is -0.322 e. The molecule has 1 heterocycles. The van der Waals surface area contributed by atoms with Crippen LogP contribution in [0.15, 0.2) is 72.8 Å². The molecule has 1 N–H and O–H groups in total. The second-order valence-electron chi connectivity index (χ2n) is 5.84. The fourth-order valence-electron chi connectivity index (χ4n) is 2.72. The van der Waals surface area contributed by atoms with Gasteiger partial charge in [-0.05, 0) is 55.0 Å². The number of fused-ring (bicyclic) bond motifs is 1. The Morgan fingerprint density at radius 2 is 1.72 bits per heavy atom. The summed E-state index contributed by atoms with van der Waals surface area (Å²) in [6, 6.07) is 23.4. The molecule has 4 rings (SSSR count). The van der Waals surface area contributed by atoms with Crippen LogP contribution in [0.1, 0.15) is 15.9 Å². The molecule has 0 saturated carbocycles. The summed E-state index contributed by atoms with van der Waals surface area (Å²) in [6.07, 6.45) is 0. The predicted molar refractivity (Wildman–Crippen MR) is 104 cm³/mol. The number of carbonyl (C=O) groups is 1. The first-order valence-corrected chi connectivity index (χ1v) is 8.85. The fourth-order valence-corrected chi connectivity index (χ4v) is 3.68. The second-order valence-corrected chi connectivity index (χ2v) is 6.87. The average Bonchev–Trinajstić information content (AvgIpc) is 3.08. The summed E-state index contributed by atoms with van der Waals surface area (Å²) < 4.78 is 1.18. The Labute approximate surface area is 150 Å². The summed E-state index contributed by atoms with van der Waals surface area (Å²) in [6.45, 7) is 2.00. The SMILES string of the molecule is Cc1cc(-c2nc3ccccc3s2)ccc1NC(=O)c1ccccc1. The lowest BCUT2D eigenvalue weighted by Crippen LogP contribution is -2.12. The van der Waals surface area contributed by atoms with Gasteiger partial charge >= 0.3 is 0 Å². The van der Waals surface area contributed by atoms with Gasteiger partial charge in [0.1, 0.15) is 5.01 Å². The van der Waals surface area contributed by atoms with E-state index in [9.17, 15) is 4.79 Å². The van der Waals surface area contributed by atoms with Crippen LogP contribution in [0.5, 0.6) is 0 Å². The topological polar surface area (TPSA) is 42.0 Å². The minimum absolute atomic E-state index is 0.101. The van der Waals surface area contributed by atoms with Gasteiger partial charge in [0.15, 0.2) is 0 Å². The first-order chi connectivity index (χ1) is 12.2. The second kappa shape index (κ2) is 6.49. The van der Waals surface area contributed by atoms with Gasteiger partial charge in [0.25, 0.3) is 5.91 Å². The maximum Gasteiger partial charge on any atom is 0.255 e. The smallest absolute Gasteiger partial charge is 0.255 e. The molecule has 0 unspecified atom stereocenters. The van der Waals surface area contributed by atoms with E-state index in [0.29, 0.717) is 5.56 Å². The third-order valence-corrected chi connectivity index (χ3v) is 5.14. The molecule has 0 atom stereocenters. The molecule has 4 heteroatoms. The monoisotopic (exact) mass is 344 g/mol. The zero-order chi connectivity index (χ0) is 17.2. The van der Waals surface area contributed by atoms with Gasteiger partial charge < -0.3 is 5.32 Å². The van der Waals surface area contributed by atoms with Crippen molar-refractivity contribution in [3.8, 4) is 10.6 Å². The van der Waals surface area contributed by atoms with Crippen LogP contribution in [0.4, 0.5) is 5.69 Å². The number of hydrogen-bond acceptors (Lipinski definition) is 3. The standard InChI is InChI=1S/C21H16N2OS/c1-14-13-16(21-23-18-9-5-6-10-19(18)25-21)11-12-17(14)22-20(24)15-7-3-2-4-8-15/h2-13H,1H3,(H,22,24). The maximum atomic E-state index is 12.3. The van der Waals surface area contributed by atoms with E-state index in [1.165, 1.54) is 4.70 Å². The highest BCUT2D eigenvalue weighted by molar-refractivity contribution is 7.21. The van der Waals surface area contributed by atoms with Crippen molar-refractivity contribution in [1.82, 2.24) is 4.98 Å². The number of amides is 1. The number of aryl methyl sites for hydroxylation is 1. The van der Waals surface area contributed by atoms with E-state index in [-0.39, 0.29) is 5.91 Å². The van der Waals surface area contributed by atoms with Crippen molar-refractivity contribution in [3.63, 3.8) is 0 Å². The fraction of sp³-hybridized carbons (Fsp3) is 0.0476. The van der Waals surface area contributed by atoms with Crippen molar-refractivity contribution in [2.24, 2.45) is 0 Å². The van der Waals surface area contributed by atoms with Crippen molar-refractivity contribution >= 4 is 33.1 Å². The lowest BCUT2D eigenvalue weighted by atomic mass is 10.1. The van der Waals surface area contributed by atoms with E-state index in [1.54, 1.807) is 23.5 Å². The van der Waals surface area contributed by atoms with E-state index in [4.69, 9.17) is 4.98 Å². The zero-order valence-corrected chi connectivity index (χ0v) is 14.5. The molecule has 0 aliphatic carbocycles. The number of nitrogens with zero attached hydrogens (tertiary/aromatic N) is 1. The van der Waals surface area contributed by atoms with Crippen LogP contribution < -0.4 is 5.32 Å². The lowest BCUT2D eigenvalue weighted by molar-refractivity contribution is 0.102. The van der Waals surface area contributed by atoms with Gasteiger partial charge in [-0.2, -0.15) is 0 Å². The molecule has 4 aromatic rings. The highest BCUT2D eigenvalue weighted by atomic mass is 32.1. The molecular formula is C21H16N2OS. The van der Waals surface area contributed by atoms with Gasteiger partial charge in [-0.3, -0.25) is 4.79 Å². The Kier molecular flexibility index (Phi) is 4.04. The molecule has 0 aliphatic rings. The van der Waals surface area contributed by atoms with E-state index >= 15 is 0 Å². The van der Waals surface area contributed by atoms with E-state index in [0.717, 1.165) is 27.3 Å². The lowest BCUT2D eigenvalue weighted by Gasteiger charge is -2.09. The zero-order valence-electron chi connectivity index (χ0n) is 13.7. The Balaban J connectivity index is 1.61. The van der Waals surface area contributed by atoms with Gasteiger partial charge in [-0.1, -0.05) is 30.3 Å². The minimum atomic E-state index is -0.101. The number of para-hydroxylation sites is 1. The van der Waals surface area contributed by atoms with Crippen LogP contribution in [0.3, 0.4) is 0 Å². The van der Waals surface area contributed by atoms with Gasteiger partial charge in [-0.15, -0.1) is 11.3 Å². The van der Waals surface area contributed by atoms with E-state index in [2.05, 4.69) is 17.4 Å². The highest BCUT2D eigenvalue weighted by Crippen LogP contribution is 2.32. The first kappa shape index (κ1) is 15.5. The number of thiazole rings is 1. The number of benzene rings is 3. The van der Waals surface area contributed by atoms with Gasteiger partial charge in [0.05, 0.1) is 10.2 Å². The van der Waals surface area contributed by atoms with Crippen molar-refractivity contribution in [2.45, 2.75) is 6.92 Å². The molecule has 0 saturated heterocycles. The number of rotatable bonds is 3. The molecule has 25 heavy (non-hydrogen) atoms. The molecule has 1 amide bonds. The maximum absolute atomic E-state index is 12.3. The van der Waals surface area contributed by atoms with Crippen molar-refractivity contribution in [3.05, 3.63) is 83.9 Å². The van der Waals surface area contributed by atoms with Crippen LogP contribution in [-0.4, -0.2) is 10.9 Å². The summed E-state index contributed by atoms with van der Waals surface area (Å²) in [5, 5.41) is 3.97. The summed E-state index contributed by atoms with van der Waals surface area (Å²) in [5.74, 6) is -0.101. The van der Waals surface area contributed by atoms with Crippen molar-refractivity contribution < 1.29 is 4.79 Å². The number of hydrogen-bond donors (Lipinski definition) is 1. The van der Waals surface area contributed by atoms with Crippen LogP contribution in [0.25, 0.3) is 20.8 Å². The Morgan fingerprint density at radius 1 is 0.960 bits per heavy atom. The van der Waals surface area contributed by atoms with Crippen molar-refractivity contribution in [1.29, 1.82) is 0 Å². The number of nitrogens with one attached hydrogen (secondary N) is 1. The van der Waals surface area contributed by atoms with Crippen LogP contribution in [0.2, 0.25) is 0 Å². The summed E-state index contributed by atoms with van der Waals surface area (Å²) in [5.41, 5.74) is 4.56. The molecule has 3 aromatic carbocycles. The molecule has 0 fully saturated rings. The first-order valence-electron chi connectivity index (χ1n) is 8.04. The molecule has 0 radical (unpaired) electrons. The summed E-state index contributed by atoms with van der Waals surface area (Å²) >= 11 is 1.68. The molecule has 0 bridgehead atoms. The Bertz CT molecular complexity index is 1020. The van der Waals surface area contributed by atoms with Gasteiger partial charge in [0, 0.05) is 16.8 Å². The van der Waals surface area contributed by atoms with Gasteiger partial charge in [0.2, 0.25) is 0 Å². The molecule has 1 aromatic heterocycles. The van der Waals surface area contributed by atoms with Crippen LogP contribution in [-0.2, 0) is 0 Å². The number of aromatic nitrogens is 1. The van der Waals surface area contributed by atoms with Crippen LogP contribution in [0, 0.1) is 6.92 Å². The predicted octanol–water partition coefficient (Wildman–Crippen LogP) is 5.52. The summed E-state index contributed by atoms with van der Waals surface area (Å²) in [7, 11) is 0. The molecule has 0 spiro atoms. The quantitative estimate of drug-likeness (QED) is 0.531. The molecular weight excluding hydrogens is 328 g/mol. The number of anilines is 1. The summed E-state index contributed by atoms with van der Waals surface area (Å²) in [4.78, 5) is 17.0. The Hall–Kier alpha value is -2.98. The Morgan fingerprint density at radius 3 is 2.48 bits per heavy atom. The van der Waals surface area contributed by atoms with E-state index < -0.39 is 0 Å². The highest BCUT2D eigenvalue weighted by Gasteiger charge is 2.10. The third kappa shape index (κ3) is 3.16. The molecule has 3 nitrogen and oxygen atoms in total. The average molecular weight is 344 g/mol. The molecule has 122 valence electrons. The number of carbonyl (C=O) groups excluding carboxylic acids is 1. The van der Waals surface area contributed by atoms with E-state index in [1.807, 2.05) is 55.5 Å². The third-order valence-electron chi connectivity index (χ3n) is 4.05. The normalized spacial score (nSPS) is 10.8. The van der Waals surface area contributed by atoms with Gasteiger partial charge in [-0.25, -0.2) is 4.98 Å². The largest absolute Gasteiger partial charge is 0.322 e. The molecule has 0 aliphatic heterocycles. The van der Waals surface area contributed by atoms with Crippen molar-refractivity contribution in [2.75, 3.05) is 5.32 Å². The van der Waals surface area contributed by atoms with Crippen LogP contribution >= 0.6 is 11.3 Å².